The quantitative estimate of drug-likeness (QED) is 0.305. The molecular weight excluding hydrogens is 414 g/mol. The summed E-state index contributed by atoms with van der Waals surface area (Å²) in [5.41, 5.74) is 5.75. The van der Waals surface area contributed by atoms with Gasteiger partial charge in [0.25, 0.3) is 17.3 Å². The zero-order valence-corrected chi connectivity index (χ0v) is 15.8. The van der Waals surface area contributed by atoms with Gasteiger partial charge in [0.1, 0.15) is 5.76 Å². The molecule has 0 spiro atoms. The Balaban J connectivity index is 1.61. The average Bonchev–Trinajstić information content (AvgIpc) is 3.23. The van der Waals surface area contributed by atoms with Crippen LogP contribution in [0, 0.1) is 20.2 Å². The SMILES string of the molecule is O=C(NC(=S)NNc1ccc([N+](=O)[O-])cc1)c1ccc(-c2ccccc2[N+](=O)[O-])o1. The van der Waals surface area contributed by atoms with Crippen molar-refractivity contribution in [2.75, 3.05) is 5.43 Å². The van der Waals surface area contributed by atoms with Gasteiger partial charge in [0.05, 0.1) is 21.1 Å². The van der Waals surface area contributed by atoms with Crippen molar-refractivity contribution in [1.29, 1.82) is 0 Å². The van der Waals surface area contributed by atoms with Crippen LogP contribution in [0.4, 0.5) is 17.1 Å². The van der Waals surface area contributed by atoms with Crippen molar-refractivity contribution >= 4 is 40.3 Å². The van der Waals surface area contributed by atoms with E-state index in [9.17, 15) is 25.0 Å². The summed E-state index contributed by atoms with van der Waals surface area (Å²) in [5.74, 6) is -0.596. The van der Waals surface area contributed by atoms with E-state index in [4.69, 9.17) is 16.6 Å². The fourth-order valence-corrected chi connectivity index (χ4v) is 2.58. The van der Waals surface area contributed by atoms with E-state index in [1.165, 1.54) is 54.6 Å². The molecule has 12 heteroatoms. The van der Waals surface area contributed by atoms with Crippen molar-refractivity contribution in [3.05, 3.63) is 86.7 Å². The molecule has 3 N–H and O–H groups in total. The third-order valence-electron chi connectivity index (χ3n) is 3.82. The molecule has 0 fully saturated rings. The van der Waals surface area contributed by atoms with Crippen molar-refractivity contribution in [1.82, 2.24) is 10.7 Å². The summed E-state index contributed by atoms with van der Waals surface area (Å²) in [6.07, 6.45) is 0. The first-order valence-corrected chi connectivity index (χ1v) is 8.71. The first-order valence-electron chi connectivity index (χ1n) is 8.30. The third-order valence-corrected chi connectivity index (χ3v) is 4.03. The first kappa shape index (κ1) is 20.4. The Morgan fingerprint density at radius 1 is 0.933 bits per heavy atom. The minimum atomic E-state index is -0.664. The summed E-state index contributed by atoms with van der Waals surface area (Å²) in [4.78, 5) is 33.0. The van der Waals surface area contributed by atoms with Crippen molar-refractivity contribution in [2.24, 2.45) is 0 Å². The molecular formula is C18H13N5O6S. The molecule has 3 rings (SSSR count). The summed E-state index contributed by atoms with van der Waals surface area (Å²) in [7, 11) is 0. The van der Waals surface area contributed by atoms with Crippen LogP contribution in [0.15, 0.2) is 65.1 Å². The first-order chi connectivity index (χ1) is 14.3. The highest BCUT2D eigenvalue weighted by Gasteiger charge is 2.19. The maximum absolute atomic E-state index is 12.3. The van der Waals surface area contributed by atoms with Gasteiger partial charge in [-0.25, -0.2) is 0 Å². The van der Waals surface area contributed by atoms with Gasteiger partial charge in [-0.1, -0.05) is 12.1 Å². The number of amides is 1. The molecule has 1 heterocycles. The van der Waals surface area contributed by atoms with Gasteiger partial charge in [0.2, 0.25) is 0 Å². The van der Waals surface area contributed by atoms with Crippen LogP contribution in [0.5, 0.6) is 0 Å². The number of carbonyl (C=O) groups excluding carboxylic acids is 1. The van der Waals surface area contributed by atoms with Crippen molar-refractivity contribution < 1.29 is 19.1 Å². The van der Waals surface area contributed by atoms with Crippen LogP contribution in [0.1, 0.15) is 10.6 Å². The molecule has 1 amide bonds. The lowest BCUT2D eigenvalue weighted by atomic mass is 10.1. The molecule has 152 valence electrons. The minimum absolute atomic E-state index is 0.0660. The second-order valence-corrected chi connectivity index (χ2v) is 6.18. The number of furan rings is 1. The summed E-state index contributed by atoms with van der Waals surface area (Å²) < 4.78 is 5.43. The van der Waals surface area contributed by atoms with Crippen LogP contribution >= 0.6 is 12.2 Å². The molecule has 0 atom stereocenters. The van der Waals surface area contributed by atoms with Crippen LogP contribution < -0.4 is 16.2 Å². The van der Waals surface area contributed by atoms with Gasteiger partial charge < -0.3 is 4.42 Å². The summed E-state index contributed by atoms with van der Waals surface area (Å²) in [6.45, 7) is 0. The van der Waals surface area contributed by atoms with Crippen LogP contribution in [0.25, 0.3) is 11.3 Å². The Kier molecular flexibility index (Phi) is 5.98. The van der Waals surface area contributed by atoms with Crippen molar-refractivity contribution in [3.63, 3.8) is 0 Å². The fourth-order valence-electron chi connectivity index (χ4n) is 2.44. The Hall–Kier alpha value is -4.32. The summed E-state index contributed by atoms with van der Waals surface area (Å²) >= 11 is 5.01. The number of hydrazine groups is 1. The second-order valence-electron chi connectivity index (χ2n) is 5.78. The standard InChI is InChI=1S/C18H13N5O6S/c24-17(19-18(30)21-20-11-5-7-12(8-6-11)22(25)26)16-10-9-15(29-16)13-3-1-2-4-14(13)23(27)28/h1-10,20H,(H2,19,21,24,30). The molecule has 0 saturated heterocycles. The Labute approximate surface area is 174 Å². The van der Waals surface area contributed by atoms with E-state index >= 15 is 0 Å². The second kappa shape index (κ2) is 8.79. The molecule has 3 aromatic rings. The van der Waals surface area contributed by atoms with Gasteiger partial charge in [0.15, 0.2) is 10.9 Å². The molecule has 0 saturated carbocycles. The highest BCUT2D eigenvalue weighted by Crippen LogP contribution is 2.30. The number of anilines is 1. The monoisotopic (exact) mass is 427 g/mol. The molecule has 0 aliphatic carbocycles. The number of carbonyl (C=O) groups is 1. The number of hydrogen-bond donors (Lipinski definition) is 3. The highest BCUT2D eigenvalue weighted by molar-refractivity contribution is 7.80. The van der Waals surface area contributed by atoms with Gasteiger partial charge in [-0.05, 0) is 42.5 Å². The minimum Gasteiger partial charge on any atom is -0.451 e. The van der Waals surface area contributed by atoms with Gasteiger partial charge in [0, 0.05) is 18.2 Å². The molecule has 1 aromatic heterocycles. The van der Waals surface area contributed by atoms with E-state index in [2.05, 4.69) is 16.2 Å². The topological polar surface area (TPSA) is 153 Å². The number of nitrogens with one attached hydrogen (secondary N) is 3. The lowest BCUT2D eigenvalue weighted by Gasteiger charge is -2.10. The Morgan fingerprint density at radius 2 is 1.63 bits per heavy atom. The molecule has 0 radical (unpaired) electrons. The van der Waals surface area contributed by atoms with Gasteiger partial charge >= 0.3 is 0 Å². The molecule has 0 bridgehead atoms. The van der Waals surface area contributed by atoms with E-state index in [1.54, 1.807) is 6.07 Å². The number of benzene rings is 2. The largest absolute Gasteiger partial charge is 0.451 e. The van der Waals surface area contributed by atoms with Crippen LogP contribution in [0.2, 0.25) is 0 Å². The van der Waals surface area contributed by atoms with Crippen LogP contribution in [-0.4, -0.2) is 20.9 Å². The molecule has 11 nitrogen and oxygen atoms in total. The smallest absolute Gasteiger partial charge is 0.293 e. The lowest BCUT2D eigenvalue weighted by Crippen LogP contribution is -2.41. The molecule has 2 aromatic carbocycles. The maximum atomic E-state index is 12.3. The number of para-hydroxylation sites is 1. The lowest BCUT2D eigenvalue weighted by molar-refractivity contribution is -0.384. The molecule has 0 aliphatic heterocycles. The number of rotatable bonds is 6. The van der Waals surface area contributed by atoms with Gasteiger partial charge in [-0.15, -0.1) is 0 Å². The van der Waals surface area contributed by atoms with Crippen LogP contribution in [0.3, 0.4) is 0 Å². The van der Waals surface area contributed by atoms with Crippen molar-refractivity contribution in [2.45, 2.75) is 0 Å². The Bertz CT molecular complexity index is 1130. The zero-order chi connectivity index (χ0) is 21.7. The highest BCUT2D eigenvalue weighted by atomic mass is 32.1. The van der Waals surface area contributed by atoms with E-state index in [-0.39, 0.29) is 33.6 Å². The predicted octanol–water partition coefficient (Wildman–Crippen LogP) is 3.39. The number of nitrogens with zero attached hydrogens (tertiary/aromatic N) is 2. The fraction of sp³-hybridized carbons (Fsp3) is 0. The van der Waals surface area contributed by atoms with Crippen molar-refractivity contribution in [3.8, 4) is 11.3 Å². The molecule has 0 unspecified atom stereocenters. The van der Waals surface area contributed by atoms with E-state index < -0.39 is 15.8 Å². The number of nitro groups is 2. The number of nitro benzene ring substituents is 2. The number of non-ortho nitro benzene ring substituents is 1. The van der Waals surface area contributed by atoms with Gasteiger partial charge in [-0.2, -0.15) is 0 Å². The molecule has 0 aliphatic rings. The number of thiocarbonyl (C=S) groups is 1. The van der Waals surface area contributed by atoms with Crippen LogP contribution in [-0.2, 0) is 0 Å². The third kappa shape index (κ3) is 4.74. The normalized spacial score (nSPS) is 10.1. The summed E-state index contributed by atoms with van der Waals surface area (Å²) in [5, 5.41) is 24.1. The van der Waals surface area contributed by atoms with E-state index in [0.29, 0.717) is 5.69 Å². The number of hydrogen-bond acceptors (Lipinski definition) is 8. The zero-order valence-electron chi connectivity index (χ0n) is 15.0. The summed E-state index contributed by atoms with van der Waals surface area (Å²) in [6, 6.07) is 14.3. The van der Waals surface area contributed by atoms with Gasteiger partial charge in [-0.3, -0.25) is 41.2 Å². The van der Waals surface area contributed by atoms with E-state index in [0.717, 1.165) is 0 Å². The maximum Gasteiger partial charge on any atom is 0.293 e. The van der Waals surface area contributed by atoms with E-state index in [1.807, 2.05) is 0 Å². The molecule has 30 heavy (non-hydrogen) atoms. The average molecular weight is 427 g/mol. The Morgan fingerprint density at radius 3 is 2.30 bits per heavy atom. The predicted molar refractivity (Wildman–Crippen MR) is 111 cm³/mol.